The molecule has 1 aliphatic heterocycles. The van der Waals surface area contributed by atoms with Gasteiger partial charge in [0.05, 0.1) is 0 Å². The molecule has 2 heterocycles. The summed E-state index contributed by atoms with van der Waals surface area (Å²) < 4.78 is 0. The summed E-state index contributed by atoms with van der Waals surface area (Å²) in [6, 6.07) is 2.47. The van der Waals surface area contributed by atoms with Gasteiger partial charge in [0.25, 0.3) is 0 Å². The van der Waals surface area contributed by atoms with Gasteiger partial charge in [0.15, 0.2) is 5.96 Å². The molecule has 0 atom stereocenters. The van der Waals surface area contributed by atoms with Crippen molar-refractivity contribution in [3.8, 4) is 0 Å². The van der Waals surface area contributed by atoms with Crippen LogP contribution in [0.1, 0.15) is 45.4 Å². The average molecular weight is 374 g/mol. The Balaban J connectivity index is 1.35. The predicted molar refractivity (Wildman–Crippen MR) is 111 cm³/mol. The highest BCUT2D eigenvalue weighted by atomic mass is 15.3. The zero-order valence-electron chi connectivity index (χ0n) is 16.7. The highest BCUT2D eigenvalue weighted by molar-refractivity contribution is 5.80. The molecule has 3 rings (SSSR count). The molecule has 1 aliphatic carbocycles. The molecule has 0 spiro atoms. The van der Waals surface area contributed by atoms with Gasteiger partial charge >= 0.3 is 0 Å². The number of hydrogen-bond acceptors (Lipinski definition) is 5. The van der Waals surface area contributed by atoms with Gasteiger partial charge in [-0.25, -0.2) is 9.97 Å². The fourth-order valence-electron chi connectivity index (χ4n) is 3.87. The van der Waals surface area contributed by atoms with E-state index in [4.69, 9.17) is 4.99 Å². The molecule has 150 valence electrons. The molecule has 1 saturated carbocycles. The third kappa shape index (κ3) is 6.65. The lowest BCUT2D eigenvalue weighted by Gasteiger charge is -2.34. The Labute approximate surface area is 163 Å². The predicted octanol–water partition coefficient (Wildman–Crippen LogP) is 1.88. The van der Waals surface area contributed by atoms with Crippen LogP contribution in [0.25, 0.3) is 0 Å². The third-order valence-corrected chi connectivity index (χ3v) is 5.40. The first-order chi connectivity index (χ1) is 13.3. The molecule has 0 radical (unpaired) electrons. The summed E-state index contributed by atoms with van der Waals surface area (Å²) in [7, 11) is 0. The Morgan fingerprint density at radius 2 is 1.85 bits per heavy atom. The Morgan fingerprint density at radius 3 is 2.56 bits per heavy atom. The zero-order valence-corrected chi connectivity index (χ0v) is 16.7. The third-order valence-electron chi connectivity index (χ3n) is 5.40. The van der Waals surface area contributed by atoms with Crippen LogP contribution in [0.5, 0.6) is 0 Å². The first kappa shape index (κ1) is 19.9. The molecule has 2 N–H and O–H groups in total. The van der Waals surface area contributed by atoms with Crippen LogP contribution in [0.2, 0.25) is 0 Å². The number of aliphatic imine (C=N–C) groups is 1. The molecule has 1 aromatic heterocycles. The van der Waals surface area contributed by atoms with Crippen molar-refractivity contribution < 1.29 is 0 Å². The van der Waals surface area contributed by atoms with E-state index in [2.05, 4.69) is 37.3 Å². The minimum absolute atomic E-state index is 0.602. The van der Waals surface area contributed by atoms with E-state index in [-0.39, 0.29) is 0 Å². The van der Waals surface area contributed by atoms with Gasteiger partial charge in [0.1, 0.15) is 0 Å². The molecular weight excluding hydrogens is 338 g/mol. The van der Waals surface area contributed by atoms with E-state index in [9.17, 15) is 0 Å². The smallest absolute Gasteiger partial charge is 0.225 e. The quantitative estimate of drug-likeness (QED) is 0.432. The molecule has 0 aromatic carbocycles. The number of nitrogens with zero attached hydrogens (tertiary/aromatic N) is 5. The maximum Gasteiger partial charge on any atom is 0.225 e. The molecule has 7 nitrogen and oxygen atoms in total. The van der Waals surface area contributed by atoms with Crippen molar-refractivity contribution >= 4 is 11.9 Å². The summed E-state index contributed by atoms with van der Waals surface area (Å²) in [6.07, 6.45) is 11.4. The number of rotatable bonds is 7. The molecule has 0 bridgehead atoms. The van der Waals surface area contributed by atoms with Crippen molar-refractivity contribution in [3.63, 3.8) is 0 Å². The van der Waals surface area contributed by atoms with Gasteiger partial charge in [-0.05, 0) is 32.3 Å². The van der Waals surface area contributed by atoms with E-state index in [1.54, 1.807) is 0 Å². The number of anilines is 1. The van der Waals surface area contributed by atoms with Crippen LogP contribution in [0.15, 0.2) is 23.5 Å². The fraction of sp³-hybridized carbons (Fsp3) is 0.750. The van der Waals surface area contributed by atoms with Crippen LogP contribution >= 0.6 is 0 Å². The largest absolute Gasteiger partial charge is 0.357 e. The lowest BCUT2D eigenvalue weighted by atomic mass is 9.96. The maximum absolute atomic E-state index is 4.79. The number of hydrogen-bond donors (Lipinski definition) is 2. The second-order valence-corrected chi connectivity index (χ2v) is 7.47. The van der Waals surface area contributed by atoms with Gasteiger partial charge in [-0.3, -0.25) is 9.89 Å². The van der Waals surface area contributed by atoms with Crippen LogP contribution < -0.4 is 15.5 Å². The lowest BCUT2D eigenvalue weighted by Crippen LogP contribution is -2.47. The van der Waals surface area contributed by atoms with Gasteiger partial charge in [-0.15, -0.1) is 0 Å². The Kier molecular flexibility index (Phi) is 8.14. The Morgan fingerprint density at radius 1 is 1.11 bits per heavy atom. The lowest BCUT2D eigenvalue weighted by molar-refractivity contribution is 0.255. The van der Waals surface area contributed by atoms with Crippen LogP contribution in [-0.4, -0.2) is 72.7 Å². The zero-order chi connectivity index (χ0) is 18.7. The second-order valence-electron chi connectivity index (χ2n) is 7.47. The van der Waals surface area contributed by atoms with E-state index in [0.717, 1.165) is 64.1 Å². The Hall–Kier alpha value is -1.89. The molecular formula is C20H35N7. The average Bonchev–Trinajstić information content (AvgIpc) is 2.73. The van der Waals surface area contributed by atoms with Crippen LogP contribution in [0, 0.1) is 0 Å². The molecule has 0 amide bonds. The molecule has 1 saturated heterocycles. The number of piperazine rings is 1. The summed E-state index contributed by atoms with van der Waals surface area (Å²) in [4.78, 5) is 18.3. The highest BCUT2D eigenvalue weighted by Crippen LogP contribution is 2.17. The summed E-state index contributed by atoms with van der Waals surface area (Å²) in [6.45, 7) is 9.18. The second kappa shape index (κ2) is 11.1. The molecule has 2 fully saturated rings. The molecule has 0 unspecified atom stereocenters. The van der Waals surface area contributed by atoms with Crippen LogP contribution in [0.3, 0.4) is 0 Å². The van der Waals surface area contributed by atoms with Crippen molar-refractivity contribution in [2.45, 2.75) is 51.5 Å². The van der Waals surface area contributed by atoms with Crippen molar-refractivity contribution in [2.24, 2.45) is 4.99 Å². The minimum Gasteiger partial charge on any atom is -0.357 e. The SMILES string of the molecule is CCNC(=NCCCN1CCN(c2ncccn2)CC1)NC1CCCCC1. The van der Waals surface area contributed by atoms with Crippen molar-refractivity contribution in [1.82, 2.24) is 25.5 Å². The fourth-order valence-corrected chi connectivity index (χ4v) is 3.87. The summed E-state index contributed by atoms with van der Waals surface area (Å²) in [5.74, 6) is 1.85. The molecule has 2 aliphatic rings. The molecule has 7 heteroatoms. The van der Waals surface area contributed by atoms with Crippen molar-refractivity contribution in [1.29, 1.82) is 0 Å². The molecule has 1 aromatic rings. The van der Waals surface area contributed by atoms with Crippen molar-refractivity contribution in [3.05, 3.63) is 18.5 Å². The van der Waals surface area contributed by atoms with Crippen LogP contribution in [0.4, 0.5) is 5.95 Å². The summed E-state index contributed by atoms with van der Waals surface area (Å²) in [5, 5.41) is 7.02. The van der Waals surface area contributed by atoms with Gasteiger partial charge < -0.3 is 15.5 Å². The van der Waals surface area contributed by atoms with Gasteiger partial charge in [0.2, 0.25) is 5.95 Å². The highest BCUT2D eigenvalue weighted by Gasteiger charge is 2.18. The van der Waals surface area contributed by atoms with E-state index in [1.807, 2.05) is 18.5 Å². The Bertz CT molecular complexity index is 549. The van der Waals surface area contributed by atoms with Crippen LogP contribution in [-0.2, 0) is 0 Å². The van der Waals surface area contributed by atoms with E-state index in [1.165, 1.54) is 32.1 Å². The topological polar surface area (TPSA) is 68.7 Å². The minimum atomic E-state index is 0.602. The normalized spacial score (nSPS) is 19.9. The first-order valence-electron chi connectivity index (χ1n) is 10.6. The first-order valence-corrected chi connectivity index (χ1v) is 10.6. The van der Waals surface area contributed by atoms with E-state index < -0.39 is 0 Å². The standard InChI is InChI=1S/C20H35N7/c1-2-21-19(25-18-8-4-3-5-9-18)22-12-7-13-26-14-16-27(17-15-26)20-23-10-6-11-24-20/h6,10-11,18H,2-5,7-9,12-17H2,1H3,(H2,21,22,25). The number of aromatic nitrogens is 2. The molecule has 27 heavy (non-hydrogen) atoms. The number of guanidine groups is 1. The maximum atomic E-state index is 4.79. The monoisotopic (exact) mass is 373 g/mol. The number of nitrogens with one attached hydrogen (secondary N) is 2. The van der Waals surface area contributed by atoms with Gasteiger partial charge in [0, 0.05) is 64.2 Å². The van der Waals surface area contributed by atoms with Gasteiger partial charge in [-0.1, -0.05) is 19.3 Å². The summed E-state index contributed by atoms with van der Waals surface area (Å²) in [5.41, 5.74) is 0. The van der Waals surface area contributed by atoms with Crippen molar-refractivity contribution in [2.75, 3.05) is 50.7 Å². The summed E-state index contributed by atoms with van der Waals surface area (Å²) >= 11 is 0. The van der Waals surface area contributed by atoms with E-state index >= 15 is 0 Å². The van der Waals surface area contributed by atoms with E-state index in [0.29, 0.717) is 6.04 Å². The van der Waals surface area contributed by atoms with Gasteiger partial charge in [-0.2, -0.15) is 0 Å².